The van der Waals surface area contributed by atoms with E-state index < -0.39 is 10.0 Å². The highest BCUT2D eigenvalue weighted by Gasteiger charge is 2.34. The number of hydrogen-bond acceptors (Lipinski definition) is 5. The second-order valence-corrected chi connectivity index (χ2v) is 8.61. The van der Waals surface area contributed by atoms with Crippen LogP contribution in [-0.4, -0.2) is 71.1 Å². The largest absolute Gasteiger partial charge is 0.383 e. The van der Waals surface area contributed by atoms with Crippen molar-refractivity contribution >= 4 is 27.3 Å². The van der Waals surface area contributed by atoms with E-state index >= 15 is 0 Å². The minimum atomic E-state index is -3.38. The smallest absolute Gasteiger partial charge is 0.278 e. The number of quaternary nitrogens is 1. The molecule has 23 heavy (non-hydrogen) atoms. The Morgan fingerprint density at radius 1 is 1.48 bits per heavy atom. The molecule has 0 bridgehead atoms. The number of methoxy groups -OCH3 is 1. The number of piperazine rings is 1. The van der Waals surface area contributed by atoms with E-state index in [1.165, 1.54) is 15.6 Å². The Balaban J connectivity index is 1.87. The number of hydrogen-bond donors (Lipinski definition) is 2. The molecule has 0 unspecified atom stereocenters. The summed E-state index contributed by atoms with van der Waals surface area (Å²) in [4.78, 5) is 13.2. The van der Waals surface area contributed by atoms with E-state index in [9.17, 15) is 13.2 Å². The predicted octanol–water partition coefficient (Wildman–Crippen LogP) is -1.21. The number of carbonyl (C=O) groups excluding carboxylic acids is 1. The Bertz CT molecular complexity index is 596. The Hall–Kier alpha value is -1.00. The molecule has 0 saturated carbocycles. The molecule has 0 aromatic carbocycles. The van der Waals surface area contributed by atoms with Crippen LogP contribution in [0.2, 0.25) is 0 Å². The standard InChI is InChI=1S/C14H23N3O4S2/c1-12(14(18)15-5-10-21-2)16-6-8-17(9-7-16)23(19,20)13-4-3-11-22-13/h3-4,11-12H,5-10H2,1-2H3,(H,15,18)/p+1/t12-/m0/s1. The Kier molecular flexibility index (Phi) is 6.54. The molecule has 1 saturated heterocycles. The first-order chi connectivity index (χ1) is 11.0. The minimum Gasteiger partial charge on any atom is -0.383 e. The summed E-state index contributed by atoms with van der Waals surface area (Å²) in [7, 11) is -1.79. The van der Waals surface area contributed by atoms with Crippen LogP contribution in [0, 0.1) is 0 Å². The van der Waals surface area contributed by atoms with Crippen molar-refractivity contribution < 1.29 is 22.8 Å². The maximum Gasteiger partial charge on any atom is 0.278 e. The highest BCUT2D eigenvalue weighted by molar-refractivity contribution is 7.91. The zero-order valence-corrected chi connectivity index (χ0v) is 15.1. The number of nitrogens with one attached hydrogen (secondary N) is 2. The van der Waals surface area contributed by atoms with Crippen LogP contribution in [0.5, 0.6) is 0 Å². The fraction of sp³-hybridized carbons (Fsp3) is 0.643. The van der Waals surface area contributed by atoms with Gasteiger partial charge in [0.15, 0.2) is 6.04 Å². The van der Waals surface area contributed by atoms with E-state index in [0.717, 1.165) is 4.90 Å². The zero-order chi connectivity index (χ0) is 16.9. The lowest BCUT2D eigenvalue weighted by Crippen LogP contribution is -3.19. The van der Waals surface area contributed by atoms with E-state index in [0.29, 0.717) is 43.5 Å². The molecule has 1 atom stereocenters. The molecule has 1 aliphatic heterocycles. The fourth-order valence-electron chi connectivity index (χ4n) is 2.60. The third-order valence-corrected chi connectivity index (χ3v) is 7.34. The van der Waals surface area contributed by atoms with Gasteiger partial charge in [0.1, 0.15) is 4.21 Å². The van der Waals surface area contributed by atoms with Crippen molar-refractivity contribution in [2.24, 2.45) is 0 Å². The third-order valence-electron chi connectivity index (χ3n) is 4.06. The fourth-order valence-corrected chi connectivity index (χ4v) is 5.19. The van der Waals surface area contributed by atoms with Crippen molar-refractivity contribution in [2.45, 2.75) is 17.2 Å². The van der Waals surface area contributed by atoms with Crippen LogP contribution in [0.25, 0.3) is 0 Å². The molecule has 9 heteroatoms. The first-order valence-electron chi connectivity index (χ1n) is 7.61. The minimum absolute atomic E-state index is 0.0217. The molecule has 0 spiro atoms. The van der Waals surface area contributed by atoms with Crippen LogP contribution in [0.15, 0.2) is 21.7 Å². The second kappa shape index (κ2) is 8.20. The number of sulfonamides is 1. The molecule has 1 aromatic rings. The van der Waals surface area contributed by atoms with Crippen molar-refractivity contribution in [1.29, 1.82) is 0 Å². The number of nitrogens with zero attached hydrogens (tertiary/aromatic N) is 1. The molecule has 2 rings (SSSR count). The van der Waals surface area contributed by atoms with Gasteiger partial charge in [0, 0.05) is 13.7 Å². The predicted molar refractivity (Wildman–Crippen MR) is 88.1 cm³/mol. The average Bonchev–Trinajstić information content (AvgIpc) is 3.09. The number of carbonyl (C=O) groups is 1. The van der Waals surface area contributed by atoms with Gasteiger partial charge >= 0.3 is 0 Å². The topological polar surface area (TPSA) is 80.2 Å². The van der Waals surface area contributed by atoms with E-state index in [2.05, 4.69) is 5.32 Å². The summed E-state index contributed by atoms with van der Waals surface area (Å²) in [6, 6.07) is 3.18. The molecule has 0 radical (unpaired) electrons. The highest BCUT2D eigenvalue weighted by Crippen LogP contribution is 2.20. The van der Waals surface area contributed by atoms with Gasteiger partial charge in [-0.05, 0) is 18.4 Å². The normalized spacial score (nSPS) is 18.7. The summed E-state index contributed by atoms with van der Waals surface area (Å²) in [6.07, 6.45) is 0. The highest BCUT2D eigenvalue weighted by atomic mass is 32.2. The number of thiophene rings is 1. The van der Waals surface area contributed by atoms with Crippen molar-refractivity contribution in [3.8, 4) is 0 Å². The molecule has 7 nitrogen and oxygen atoms in total. The van der Waals surface area contributed by atoms with Gasteiger partial charge in [-0.25, -0.2) is 8.42 Å². The monoisotopic (exact) mass is 362 g/mol. The molecule has 1 amide bonds. The zero-order valence-electron chi connectivity index (χ0n) is 13.4. The molecule has 2 heterocycles. The number of rotatable bonds is 7. The van der Waals surface area contributed by atoms with E-state index in [-0.39, 0.29) is 11.9 Å². The first kappa shape index (κ1) is 18.3. The molecule has 1 aliphatic rings. The van der Waals surface area contributed by atoms with Crippen LogP contribution in [-0.2, 0) is 19.6 Å². The quantitative estimate of drug-likeness (QED) is 0.597. The van der Waals surface area contributed by atoms with Crippen molar-refractivity contribution in [1.82, 2.24) is 9.62 Å². The van der Waals surface area contributed by atoms with Gasteiger partial charge in [-0.15, -0.1) is 11.3 Å². The van der Waals surface area contributed by atoms with Gasteiger partial charge in [-0.1, -0.05) is 6.07 Å². The summed E-state index contributed by atoms with van der Waals surface area (Å²) in [6.45, 7) is 4.98. The van der Waals surface area contributed by atoms with Gasteiger partial charge in [0.05, 0.1) is 32.8 Å². The van der Waals surface area contributed by atoms with Crippen molar-refractivity contribution in [3.63, 3.8) is 0 Å². The summed E-state index contributed by atoms with van der Waals surface area (Å²) >= 11 is 1.23. The Morgan fingerprint density at radius 2 is 2.17 bits per heavy atom. The lowest BCUT2D eigenvalue weighted by atomic mass is 10.2. The van der Waals surface area contributed by atoms with E-state index in [4.69, 9.17) is 4.74 Å². The van der Waals surface area contributed by atoms with Crippen LogP contribution in [0.3, 0.4) is 0 Å². The Labute approximate surface area is 141 Å². The first-order valence-corrected chi connectivity index (χ1v) is 9.93. The van der Waals surface area contributed by atoms with Crippen LogP contribution in [0.1, 0.15) is 6.92 Å². The lowest BCUT2D eigenvalue weighted by molar-refractivity contribution is -0.917. The molecule has 130 valence electrons. The summed E-state index contributed by atoms with van der Waals surface area (Å²) in [5.74, 6) is -0.0217. The third kappa shape index (κ3) is 4.51. The van der Waals surface area contributed by atoms with Crippen LogP contribution >= 0.6 is 11.3 Å². The van der Waals surface area contributed by atoms with Gasteiger partial charge in [-0.3, -0.25) is 4.79 Å². The summed E-state index contributed by atoms with van der Waals surface area (Å²) in [5, 5.41) is 4.59. The maximum atomic E-state index is 12.5. The van der Waals surface area contributed by atoms with Gasteiger partial charge in [0.25, 0.3) is 15.9 Å². The maximum absolute atomic E-state index is 12.5. The van der Waals surface area contributed by atoms with Crippen molar-refractivity contribution in [2.75, 3.05) is 46.4 Å². The number of ether oxygens (including phenoxy) is 1. The average molecular weight is 362 g/mol. The lowest BCUT2D eigenvalue weighted by Gasteiger charge is -2.33. The second-order valence-electron chi connectivity index (χ2n) is 5.50. The molecular formula is C14H24N3O4S2+. The van der Waals surface area contributed by atoms with Crippen LogP contribution < -0.4 is 10.2 Å². The SMILES string of the molecule is COCCNC(=O)[C@H](C)[NH+]1CCN(S(=O)(=O)c2cccs2)CC1. The van der Waals surface area contributed by atoms with Crippen molar-refractivity contribution in [3.05, 3.63) is 17.5 Å². The van der Waals surface area contributed by atoms with E-state index in [1.54, 1.807) is 24.6 Å². The summed E-state index contributed by atoms with van der Waals surface area (Å²) < 4.78 is 31.7. The number of amides is 1. The molecule has 2 N–H and O–H groups in total. The van der Waals surface area contributed by atoms with Gasteiger partial charge in [-0.2, -0.15) is 4.31 Å². The van der Waals surface area contributed by atoms with Crippen LogP contribution in [0.4, 0.5) is 0 Å². The Morgan fingerprint density at radius 3 is 2.74 bits per heavy atom. The molecular weight excluding hydrogens is 338 g/mol. The molecule has 1 fully saturated rings. The molecule has 0 aliphatic carbocycles. The molecule has 1 aromatic heterocycles. The van der Waals surface area contributed by atoms with Gasteiger partial charge in [0.2, 0.25) is 0 Å². The van der Waals surface area contributed by atoms with Gasteiger partial charge < -0.3 is 15.0 Å². The summed E-state index contributed by atoms with van der Waals surface area (Å²) in [5.41, 5.74) is 0. The van der Waals surface area contributed by atoms with E-state index in [1.807, 2.05) is 6.92 Å².